The van der Waals surface area contributed by atoms with Crippen LogP contribution >= 0.6 is 0 Å². The Bertz CT molecular complexity index is 783. The zero-order valence-corrected chi connectivity index (χ0v) is 13.3. The van der Waals surface area contributed by atoms with Gasteiger partial charge in [-0.2, -0.15) is 0 Å². The van der Waals surface area contributed by atoms with Crippen LogP contribution in [0.25, 0.3) is 10.8 Å². The highest BCUT2D eigenvalue weighted by molar-refractivity contribution is 6.02. The van der Waals surface area contributed by atoms with E-state index < -0.39 is 0 Å². The van der Waals surface area contributed by atoms with Crippen LogP contribution in [0.4, 0.5) is 0 Å². The normalized spacial score (nSPS) is 16.9. The van der Waals surface area contributed by atoms with Crippen molar-refractivity contribution in [2.75, 3.05) is 14.1 Å². The highest BCUT2D eigenvalue weighted by atomic mass is 16.1. The molecule has 1 atom stereocenters. The van der Waals surface area contributed by atoms with Crippen molar-refractivity contribution in [2.24, 2.45) is 0 Å². The van der Waals surface area contributed by atoms with Gasteiger partial charge < -0.3 is 4.90 Å². The smallest absolute Gasteiger partial charge is 0.162 e. The summed E-state index contributed by atoms with van der Waals surface area (Å²) in [7, 11) is 4.10. The number of nitrogens with zero attached hydrogens (tertiary/aromatic N) is 1. The molecule has 2 aromatic carbocycles. The minimum absolute atomic E-state index is 0.158. The lowest BCUT2D eigenvalue weighted by Crippen LogP contribution is -2.17. The van der Waals surface area contributed by atoms with Crippen molar-refractivity contribution in [2.45, 2.75) is 19.3 Å². The minimum atomic E-state index is 0.158. The van der Waals surface area contributed by atoms with E-state index in [0.29, 0.717) is 6.42 Å². The van der Waals surface area contributed by atoms with Crippen molar-refractivity contribution < 1.29 is 4.79 Å². The molecule has 22 heavy (non-hydrogen) atoms. The molecule has 0 radical (unpaired) electrons. The van der Waals surface area contributed by atoms with Crippen LogP contribution in [-0.2, 0) is 0 Å². The van der Waals surface area contributed by atoms with Crippen molar-refractivity contribution >= 4 is 16.6 Å². The van der Waals surface area contributed by atoms with Crippen molar-refractivity contribution in [3.63, 3.8) is 0 Å². The summed E-state index contributed by atoms with van der Waals surface area (Å²) in [6, 6.07) is 12.5. The van der Waals surface area contributed by atoms with Crippen LogP contribution in [-0.4, -0.2) is 24.8 Å². The van der Waals surface area contributed by atoms with Crippen LogP contribution in [0.3, 0.4) is 0 Å². The minimum Gasteiger partial charge on any atom is -0.380 e. The maximum atomic E-state index is 12.5. The lowest BCUT2D eigenvalue weighted by atomic mass is 9.88. The van der Waals surface area contributed by atoms with Crippen LogP contribution in [0.15, 0.2) is 60.3 Å². The lowest BCUT2D eigenvalue weighted by molar-refractivity contribution is 0.0987. The molecule has 0 N–H and O–H groups in total. The number of allylic oxidation sites excluding steroid dienone is 3. The number of carbonyl (C=O) groups is 1. The maximum absolute atomic E-state index is 12.5. The summed E-state index contributed by atoms with van der Waals surface area (Å²) < 4.78 is 0. The van der Waals surface area contributed by atoms with E-state index in [0.717, 1.165) is 16.5 Å². The highest BCUT2D eigenvalue weighted by Gasteiger charge is 2.23. The number of fused-ring (bicyclic) bond motifs is 1. The van der Waals surface area contributed by atoms with Gasteiger partial charge in [-0.05, 0) is 34.5 Å². The predicted molar refractivity (Wildman–Crippen MR) is 92.2 cm³/mol. The highest BCUT2D eigenvalue weighted by Crippen LogP contribution is 2.36. The fourth-order valence-electron chi connectivity index (χ4n) is 3.10. The first-order valence-electron chi connectivity index (χ1n) is 7.73. The Labute approximate surface area is 131 Å². The molecule has 0 spiro atoms. The summed E-state index contributed by atoms with van der Waals surface area (Å²) in [6.07, 6.45) is 6.91. The number of ketones is 1. The van der Waals surface area contributed by atoms with E-state index in [2.05, 4.69) is 47.4 Å². The number of carbonyl (C=O) groups excluding carboxylic acids is 1. The van der Waals surface area contributed by atoms with E-state index in [1.165, 1.54) is 11.1 Å². The first kappa shape index (κ1) is 14.6. The van der Waals surface area contributed by atoms with Crippen LogP contribution in [0, 0.1) is 0 Å². The topological polar surface area (TPSA) is 20.3 Å². The largest absolute Gasteiger partial charge is 0.380 e. The molecule has 0 heterocycles. The van der Waals surface area contributed by atoms with E-state index in [9.17, 15) is 4.79 Å². The second kappa shape index (κ2) is 5.80. The van der Waals surface area contributed by atoms with Gasteiger partial charge in [0.2, 0.25) is 0 Å². The van der Waals surface area contributed by atoms with Gasteiger partial charge in [0, 0.05) is 37.7 Å². The molecule has 1 aliphatic rings. The van der Waals surface area contributed by atoms with Gasteiger partial charge in [-0.25, -0.2) is 0 Å². The number of rotatable bonds is 4. The SMILES string of the molecule is CCC(=O)c1cc2ccccc2cc1C1C=CC=C1N(C)C. The molecule has 2 heteroatoms. The van der Waals surface area contributed by atoms with Crippen LogP contribution in [0.2, 0.25) is 0 Å². The first-order valence-corrected chi connectivity index (χ1v) is 7.73. The Hall–Kier alpha value is -2.35. The molecule has 2 nitrogen and oxygen atoms in total. The third-order valence-electron chi connectivity index (χ3n) is 4.28. The summed E-state index contributed by atoms with van der Waals surface area (Å²) >= 11 is 0. The van der Waals surface area contributed by atoms with Crippen molar-refractivity contribution in [1.82, 2.24) is 4.90 Å². The molecular weight excluding hydrogens is 270 g/mol. The monoisotopic (exact) mass is 291 g/mol. The Kier molecular flexibility index (Phi) is 3.84. The zero-order valence-electron chi connectivity index (χ0n) is 13.3. The van der Waals surface area contributed by atoms with Gasteiger partial charge in [-0.3, -0.25) is 4.79 Å². The van der Waals surface area contributed by atoms with Gasteiger partial charge >= 0.3 is 0 Å². The van der Waals surface area contributed by atoms with Gasteiger partial charge in [-0.15, -0.1) is 0 Å². The van der Waals surface area contributed by atoms with E-state index >= 15 is 0 Å². The summed E-state index contributed by atoms with van der Waals surface area (Å²) in [5.74, 6) is 0.365. The number of hydrogen-bond acceptors (Lipinski definition) is 2. The molecule has 0 aromatic heterocycles. The molecule has 0 bridgehead atoms. The fraction of sp³-hybridized carbons (Fsp3) is 0.250. The van der Waals surface area contributed by atoms with E-state index in [-0.39, 0.29) is 11.7 Å². The summed E-state index contributed by atoms with van der Waals surface area (Å²) in [4.78, 5) is 14.6. The average molecular weight is 291 g/mol. The third-order valence-corrected chi connectivity index (χ3v) is 4.28. The van der Waals surface area contributed by atoms with Crippen LogP contribution in [0.5, 0.6) is 0 Å². The van der Waals surface area contributed by atoms with Crippen molar-refractivity contribution in [1.29, 1.82) is 0 Å². The van der Waals surface area contributed by atoms with Gasteiger partial charge in [-0.1, -0.05) is 43.3 Å². The molecule has 1 aliphatic carbocycles. The molecule has 2 aromatic rings. The van der Waals surface area contributed by atoms with Gasteiger partial charge in [0.25, 0.3) is 0 Å². The van der Waals surface area contributed by atoms with E-state index in [4.69, 9.17) is 0 Å². The molecule has 0 saturated carbocycles. The van der Waals surface area contributed by atoms with Gasteiger partial charge in [0.1, 0.15) is 0 Å². The standard InChI is InChI=1S/C20H21NO/c1-4-20(22)18-13-15-9-6-5-8-14(15)12-17(18)16-10-7-11-19(16)21(2)3/h5-13,16H,4H2,1-3H3. The quantitative estimate of drug-likeness (QED) is 0.771. The molecule has 3 rings (SSSR count). The predicted octanol–water partition coefficient (Wildman–Crippen LogP) is 4.53. The Morgan fingerprint density at radius 3 is 2.45 bits per heavy atom. The molecule has 0 saturated heterocycles. The zero-order chi connectivity index (χ0) is 15.7. The van der Waals surface area contributed by atoms with E-state index in [1.807, 2.05) is 33.2 Å². The number of Topliss-reactive ketones (excluding diaryl/α,β-unsaturated/α-hetero) is 1. The lowest BCUT2D eigenvalue weighted by Gasteiger charge is -2.24. The number of benzene rings is 2. The second-order valence-corrected chi connectivity index (χ2v) is 5.91. The molecular formula is C20H21NO. The Balaban J connectivity index is 2.20. The fourth-order valence-corrected chi connectivity index (χ4v) is 3.10. The summed E-state index contributed by atoms with van der Waals surface area (Å²) in [5.41, 5.74) is 3.19. The maximum Gasteiger partial charge on any atom is 0.162 e. The van der Waals surface area contributed by atoms with Crippen LogP contribution < -0.4 is 0 Å². The summed E-state index contributed by atoms with van der Waals surface area (Å²) in [6.45, 7) is 1.93. The van der Waals surface area contributed by atoms with Crippen LogP contribution in [0.1, 0.15) is 35.2 Å². The third kappa shape index (κ3) is 2.45. The molecule has 1 unspecified atom stereocenters. The Morgan fingerprint density at radius 2 is 1.82 bits per heavy atom. The Morgan fingerprint density at radius 1 is 1.14 bits per heavy atom. The van der Waals surface area contributed by atoms with E-state index in [1.54, 1.807) is 0 Å². The van der Waals surface area contributed by atoms with Crippen molar-refractivity contribution in [3.05, 3.63) is 71.5 Å². The molecule has 0 aliphatic heterocycles. The number of likely N-dealkylation sites (N-methyl/N-ethyl adjacent to an activating group) is 1. The molecule has 112 valence electrons. The average Bonchev–Trinajstić information content (AvgIpc) is 3.02. The molecule has 0 amide bonds. The second-order valence-electron chi connectivity index (χ2n) is 5.91. The van der Waals surface area contributed by atoms with Crippen molar-refractivity contribution in [3.8, 4) is 0 Å². The molecule has 0 fully saturated rings. The van der Waals surface area contributed by atoms with Gasteiger partial charge in [0.15, 0.2) is 5.78 Å². The summed E-state index contributed by atoms with van der Waals surface area (Å²) in [5, 5.41) is 2.31. The first-order chi connectivity index (χ1) is 10.6. The number of hydrogen-bond donors (Lipinski definition) is 0. The van der Waals surface area contributed by atoms with Gasteiger partial charge in [0.05, 0.1) is 0 Å².